The molecule has 0 unspecified atom stereocenters. The lowest BCUT2D eigenvalue weighted by molar-refractivity contribution is -0.149. The second kappa shape index (κ2) is 6.24. The molecule has 2 aliphatic rings. The van der Waals surface area contributed by atoms with Gasteiger partial charge < -0.3 is 10.0 Å². The van der Waals surface area contributed by atoms with Gasteiger partial charge in [0, 0.05) is 31.0 Å². The van der Waals surface area contributed by atoms with Crippen LogP contribution in [0.25, 0.3) is 11.1 Å². The monoisotopic (exact) mass is 350 g/mol. The molecule has 1 aliphatic heterocycles. The zero-order valence-corrected chi connectivity index (χ0v) is 14.8. The highest BCUT2D eigenvalue weighted by atomic mass is 16.4. The van der Waals surface area contributed by atoms with Gasteiger partial charge in [0.15, 0.2) is 0 Å². The van der Waals surface area contributed by atoms with Crippen LogP contribution in [0.2, 0.25) is 0 Å². The molecule has 2 fully saturated rings. The van der Waals surface area contributed by atoms with E-state index in [1.165, 1.54) is 0 Å². The maximum absolute atomic E-state index is 13.0. The van der Waals surface area contributed by atoms with Gasteiger partial charge in [-0.25, -0.2) is 0 Å². The van der Waals surface area contributed by atoms with Crippen LogP contribution in [0.15, 0.2) is 42.7 Å². The Labute approximate surface area is 152 Å². The molecule has 0 bridgehead atoms. The second-order valence-corrected chi connectivity index (χ2v) is 7.57. The van der Waals surface area contributed by atoms with E-state index in [0.29, 0.717) is 25.1 Å². The molecule has 0 radical (unpaired) electrons. The summed E-state index contributed by atoms with van der Waals surface area (Å²) in [6.07, 6.45) is 5.81. The average Bonchev–Trinajstić information content (AvgIpc) is 3.20. The van der Waals surface area contributed by atoms with Crippen molar-refractivity contribution in [2.24, 2.45) is 11.3 Å². The van der Waals surface area contributed by atoms with Crippen LogP contribution in [-0.4, -0.2) is 40.0 Å². The Morgan fingerprint density at radius 3 is 2.81 bits per heavy atom. The quantitative estimate of drug-likeness (QED) is 0.921. The maximum Gasteiger partial charge on any atom is 0.311 e. The predicted octanol–water partition coefficient (Wildman–Crippen LogP) is 3.38. The third-order valence-electron chi connectivity index (χ3n) is 5.92. The van der Waals surface area contributed by atoms with E-state index in [-0.39, 0.29) is 11.8 Å². The fourth-order valence-electron chi connectivity index (χ4n) is 4.52. The fourth-order valence-corrected chi connectivity index (χ4v) is 4.52. The topological polar surface area (TPSA) is 70.5 Å². The van der Waals surface area contributed by atoms with Crippen molar-refractivity contribution in [3.63, 3.8) is 0 Å². The molecule has 1 aliphatic carbocycles. The third-order valence-corrected chi connectivity index (χ3v) is 5.92. The molecule has 2 heterocycles. The number of aryl methyl sites for hydroxylation is 1. The van der Waals surface area contributed by atoms with Crippen molar-refractivity contribution < 1.29 is 14.7 Å². The number of rotatable bonds is 3. The minimum absolute atomic E-state index is 0.0665. The summed E-state index contributed by atoms with van der Waals surface area (Å²) >= 11 is 0. The molecule has 5 nitrogen and oxygen atoms in total. The normalized spacial score (nSPS) is 24.5. The summed E-state index contributed by atoms with van der Waals surface area (Å²) in [6.45, 7) is 2.86. The first-order chi connectivity index (χ1) is 12.5. The first-order valence-corrected chi connectivity index (χ1v) is 9.04. The zero-order valence-electron chi connectivity index (χ0n) is 14.8. The Kier molecular flexibility index (Phi) is 4.02. The van der Waals surface area contributed by atoms with Crippen molar-refractivity contribution in [1.82, 2.24) is 9.88 Å². The van der Waals surface area contributed by atoms with Crippen LogP contribution in [-0.2, 0) is 4.79 Å². The van der Waals surface area contributed by atoms with Gasteiger partial charge in [-0.3, -0.25) is 14.6 Å². The first-order valence-electron chi connectivity index (χ1n) is 9.04. The highest BCUT2D eigenvalue weighted by molar-refractivity contribution is 5.96. The number of hydrogen-bond donors (Lipinski definition) is 1. The lowest BCUT2D eigenvalue weighted by Crippen LogP contribution is -2.37. The van der Waals surface area contributed by atoms with Gasteiger partial charge in [0.2, 0.25) is 0 Å². The molecule has 1 saturated carbocycles. The Bertz CT molecular complexity index is 879. The van der Waals surface area contributed by atoms with E-state index in [2.05, 4.69) is 11.1 Å². The van der Waals surface area contributed by atoms with Crippen LogP contribution in [0, 0.1) is 18.3 Å². The smallest absolute Gasteiger partial charge is 0.311 e. The van der Waals surface area contributed by atoms with Crippen molar-refractivity contribution in [2.75, 3.05) is 13.1 Å². The van der Waals surface area contributed by atoms with Crippen LogP contribution in [0.5, 0.6) is 0 Å². The summed E-state index contributed by atoms with van der Waals surface area (Å²) in [5.74, 6) is -0.819. The van der Waals surface area contributed by atoms with Crippen LogP contribution in [0.1, 0.15) is 35.2 Å². The molecule has 2 atom stereocenters. The molecule has 1 amide bonds. The summed E-state index contributed by atoms with van der Waals surface area (Å²) < 4.78 is 0. The molecule has 1 aromatic carbocycles. The van der Waals surface area contributed by atoms with Crippen molar-refractivity contribution in [3.8, 4) is 11.1 Å². The summed E-state index contributed by atoms with van der Waals surface area (Å²) in [5, 5.41) is 9.71. The number of benzene rings is 1. The Hall–Kier alpha value is -2.69. The Morgan fingerprint density at radius 2 is 2.08 bits per heavy atom. The molecule has 26 heavy (non-hydrogen) atoms. The van der Waals surface area contributed by atoms with E-state index in [1.807, 2.05) is 31.2 Å². The van der Waals surface area contributed by atoms with Crippen LogP contribution in [0.3, 0.4) is 0 Å². The van der Waals surface area contributed by atoms with Crippen molar-refractivity contribution >= 4 is 11.9 Å². The number of carbonyl (C=O) groups is 2. The number of hydrogen-bond acceptors (Lipinski definition) is 3. The van der Waals surface area contributed by atoms with Crippen LogP contribution < -0.4 is 0 Å². The summed E-state index contributed by atoms with van der Waals surface area (Å²) in [5.41, 5.74) is 2.83. The number of pyridine rings is 1. The number of carboxylic acids is 1. The number of fused-ring (bicyclic) bond motifs is 1. The number of carboxylic acid groups (broad SMARTS) is 1. The number of carbonyl (C=O) groups excluding carboxylic acids is 1. The van der Waals surface area contributed by atoms with E-state index in [9.17, 15) is 14.7 Å². The van der Waals surface area contributed by atoms with Crippen molar-refractivity contribution in [2.45, 2.75) is 26.2 Å². The van der Waals surface area contributed by atoms with Crippen molar-refractivity contribution in [3.05, 3.63) is 53.9 Å². The average molecular weight is 350 g/mol. The van der Waals surface area contributed by atoms with Crippen molar-refractivity contribution in [1.29, 1.82) is 0 Å². The van der Waals surface area contributed by atoms with E-state index in [0.717, 1.165) is 29.5 Å². The standard InChI is InChI=1S/C21H22N2O3/c1-14-4-2-5-15(8-14)16-9-17(11-22-10-16)19(24)23-12-18-6-3-7-21(18,13-23)20(25)26/h2,4-5,8-11,18H,3,6-7,12-13H2,1H3,(H,25,26)/t18-,21+/m0/s1. The Morgan fingerprint density at radius 1 is 1.23 bits per heavy atom. The molecular weight excluding hydrogens is 328 g/mol. The largest absolute Gasteiger partial charge is 0.481 e. The van der Waals surface area contributed by atoms with E-state index >= 15 is 0 Å². The zero-order chi connectivity index (χ0) is 18.3. The number of amides is 1. The molecule has 1 aromatic heterocycles. The second-order valence-electron chi connectivity index (χ2n) is 7.57. The summed E-state index contributed by atoms with van der Waals surface area (Å²) in [4.78, 5) is 30.8. The number of likely N-dealkylation sites (tertiary alicyclic amines) is 1. The molecule has 2 aromatic rings. The van der Waals surface area contributed by atoms with Gasteiger partial charge in [0.25, 0.3) is 5.91 Å². The summed E-state index contributed by atoms with van der Waals surface area (Å²) in [7, 11) is 0. The van der Waals surface area contributed by atoms with Gasteiger partial charge >= 0.3 is 5.97 Å². The fraction of sp³-hybridized carbons (Fsp3) is 0.381. The number of nitrogens with zero attached hydrogens (tertiary/aromatic N) is 2. The number of aliphatic carboxylic acids is 1. The molecule has 0 spiro atoms. The van der Waals surface area contributed by atoms with Gasteiger partial charge in [-0.05, 0) is 37.3 Å². The minimum Gasteiger partial charge on any atom is -0.481 e. The van der Waals surface area contributed by atoms with E-state index in [4.69, 9.17) is 0 Å². The van der Waals surface area contributed by atoms with E-state index < -0.39 is 11.4 Å². The van der Waals surface area contributed by atoms with Crippen LogP contribution in [0.4, 0.5) is 0 Å². The van der Waals surface area contributed by atoms with E-state index in [1.54, 1.807) is 17.3 Å². The number of aromatic nitrogens is 1. The lowest BCUT2D eigenvalue weighted by Gasteiger charge is -2.23. The SMILES string of the molecule is Cc1cccc(-c2cncc(C(=O)N3C[C@@H]4CCC[C@@]4(C(=O)O)C3)c2)c1. The third kappa shape index (κ3) is 2.68. The maximum atomic E-state index is 13.0. The predicted molar refractivity (Wildman–Crippen MR) is 97.7 cm³/mol. The summed E-state index contributed by atoms with van der Waals surface area (Å²) in [6, 6.07) is 9.92. The molecule has 1 saturated heterocycles. The first kappa shape index (κ1) is 16.8. The molecular formula is C21H22N2O3. The molecule has 134 valence electrons. The molecule has 4 rings (SSSR count). The van der Waals surface area contributed by atoms with Gasteiger partial charge in [0.05, 0.1) is 11.0 Å². The van der Waals surface area contributed by atoms with Crippen LogP contribution >= 0.6 is 0 Å². The van der Waals surface area contributed by atoms with Gasteiger partial charge in [-0.2, -0.15) is 0 Å². The molecule has 5 heteroatoms. The minimum atomic E-state index is -0.762. The van der Waals surface area contributed by atoms with Gasteiger partial charge in [-0.15, -0.1) is 0 Å². The lowest BCUT2D eigenvalue weighted by atomic mass is 9.81. The Balaban J connectivity index is 1.60. The molecule has 1 N–H and O–H groups in total. The highest BCUT2D eigenvalue weighted by Crippen LogP contribution is 2.49. The van der Waals surface area contributed by atoms with Gasteiger partial charge in [0.1, 0.15) is 0 Å². The highest BCUT2D eigenvalue weighted by Gasteiger charge is 2.55. The van der Waals surface area contributed by atoms with Gasteiger partial charge in [-0.1, -0.05) is 36.2 Å².